The molecule has 1 atom stereocenters. The highest BCUT2D eigenvalue weighted by molar-refractivity contribution is 6.30. The van der Waals surface area contributed by atoms with E-state index in [2.05, 4.69) is 5.10 Å². The zero-order valence-electron chi connectivity index (χ0n) is 13.8. The van der Waals surface area contributed by atoms with Crippen LogP contribution < -0.4 is 0 Å². The number of carbonyl (C=O) groups is 2. The maximum absolute atomic E-state index is 12.7. The average Bonchev–Trinajstić information content (AvgIpc) is 3.10. The van der Waals surface area contributed by atoms with E-state index < -0.39 is 5.97 Å². The van der Waals surface area contributed by atoms with Crippen LogP contribution in [-0.4, -0.2) is 44.8 Å². The van der Waals surface area contributed by atoms with Crippen LogP contribution in [0.2, 0.25) is 5.02 Å². The maximum Gasteiger partial charge on any atom is 0.303 e. The van der Waals surface area contributed by atoms with Gasteiger partial charge in [-0.25, -0.2) is 4.68 Å². The standard InChI is InChI=1S/C18H20ClN3O3/c19-14-4-1-5-15(11-14)22-10-8-16(20-22)18(25)21-9-2-3-13(12-21)6-7-17(23)24/h1,4-5,8,10-11,13H,2-3,6-7,9,12H2,(H,23,24)/t13-/m1/s1. The molecule has 2 heterocycles. The Hall–Kier alpha value is -2.34. The Kier molecular flexibility index (Phi) is 5.38. The molecule has 0 bridgehead atoms. The molecule has 25 heavy (non-hydrogen) atoms. The number of likely N-dealkylation sites (tertiary alicyclic amines) is 1. The molecule has 1 aromatic carbocycles. The lowest BCUT2D eigenvalue weighted by molar-refractivity contribution is -0.137. The number of halogens is 1. The second-order valence-electron chi connectivity index (χ2n) is 6.32. The number of carboxylic acids is 1. The quantitative estimate of drug-likeness (QED) is 0.887. The number of hydrogen-bond acceptors (Lipinski definition) is 3. The molecule has 2 aromatic rings. The molecule has 1 aromatic heterocycles. The summed E-state index contributed by atoms with van der Waals surface area (Å²) >= 11 is 6.00. The van der Waals surface area contributed by atoms with Crippen molar-refractivity contribution < 1.29 is 14.7 Å². The molecular weight excluding hydrogens is 342 g/mol. The van der Waals surface area contributed by atoms with Gasteiger partial charge in [-0.15, -0.1) is 0 Å². The Morgan fingerprint density at radius 2 is 2.16 bits per heavy atom. The molecule has 7 heteroatoms. The molecule has 1 aliphatic rings. The largest absolute Gasteiger partial charge is 0.481 e. The van der Waals surface area contributed by atoms with E-state index in [0.29, 0.717) is 30.2 Å². The Morgan fingerprint density at radius 3 is 2.92 bits per heavy atom. The molecule has 6 nitrogen and oxygen atoms in total. The minimum atomic E-state index is -0.788. The number of rotatable bonds is 5. The fraction of sp³-hybridized carbons (Fsp3) is 0.389. The fourth-order valence-corrected chi connectivity index (χ4v) is 3.36. The Bertz CT molecular complexity index is 774. The highest BCUT2D eigenvalue weighted by atomic mass is 35.5. The van der Waals surface area contributed by atoms with Crippen molar-refractivity contribution in [3.8, 4) is 5.69 Å². The number of benzene rings is 1. The van der Waals surface area contributed by atoms with Gasteiger partial charge in [0, 0.05) is 30.7 Å². The summed E-state index contributed by atoms with van der Waals surface area (Å²) in [4.78, 5) is 25.2. The first-order valence-electron chi connectivity index (χ1n) is 8.35. The van der Waals surface area contributed by atoms with Crippen molar-refractivity contribution in [2.45, 2.75) is 25.7 Å². The van der Waals surface area contributed by atoms with Crippen LogP contribution in [0.4, 0.5) is 0 Å². The Balaban J connectivity index is 1.67. The van der Waals surface area contributed by atoms with Crippen molar-refractivity contribution >= 4 is 23.5 Å². The van der Waals surface area contributed by atoms with Gasteiger partial charge in [0.1, 0.15) is 0 Å². The van der Waals surface area contributed by atoms with Crippen molar-refractivity contribution in [2.24, 2.45) is 5.92 Å². The number of piperidine rings is 1. The summed E-state index contributed by atoms with van der Waals surface area (Å²) in [5.74, 6) is -0.659. The van der Waals surface area contributed by atoms with Gasteiger partial charge in [0.2, 0.25) is 0 Å². The molecule has 0 spiro atoms. The lowest BCUT2D eigenvalue weighted by Gasteiger charge is -2.32. The average molecular weight is 362 g/mol. The molecular formula is C18H20ClN3O3. The van der Waals surface area contributed by atoms with Gasteiger partial charge in [0.05, 0.1) is 5.69 Å². The number of carboxylic acid groups (broad SMARTS) is 1. The van der Waals surface area contributed by atoms with E-state index in [1.54, 1.807) is 34.0 Å². The van der Waals surface area contributed by atoms with Gasteiger partial charge in [0.25, 0.3) is 5.91 Å². The molecule has 3 rings (SSSR count). The number of nitrogens with zero attached hydrogens (tertiary/aromatic N) is 3. The Labute approximate surface area is 151 Å². The first kappa shape index (κ1) is 17.5. The molecule has 132 valence electrons. The number of hydrogen-bond donors (Lipinski definition) is 1. The maximum atomic E-state index is 12.7. The third-order valence-corrected chi connectivity index (χ3v) is 4.69. The molecule has 0 aliphatic carbocycles. The van der Waals surface area contributed by atoms with Crippen LogP contribution in [0.5, 0.6) is 0 Å². The second-order valence-corrected chi connectivity index (χ2v) is 6.75. The molecule has 1 saturated heterocycles. The summed E-state index contributed by atoms with van der Waals surface area (Å²) in [7, 11) is 0. The number of carbonyl (C=O) groups excluding carboxylic acids is 1. The van der Waals surface area contributed by atoms with Gasteiger partial charge in [-0.1, -0.05) is 17.7 Å². The lowest BCUT2D eigenvalue weighted by atomic mass is 9.93. The molecule has 1 fully saturated rings. The van der Waals surface area contributed by atoms with Gasteiger partial charge in [-0.2, -0.15) is 5.10 Å². The van der Waals surface area contributed by atoms with E-state index >= 15 is 0 Å². The van der Waals surface area contributed by atoms with E-state index in [-0.39, 0.29) is 18.2 Å². The summed E-state index contributed by atoms with van der Waals surface area (Å²) in [6.07, 6.45) is 4.36. The lowest BCUT2D eigenvalue weighted by Crippen LogP contribution is -2.40. The van der Waals surface area contributed by atoms with Crippen LogP contribution in [0.1, 0.15) is 36.2 Å². The normalized spacial score (nSPS) is 17.5. The van der Waals surface area contributed by atoms with Crippen LogP contribution in [0.15, 0.2) is 36.5 Å². The number of aromatic nitrogens is 2. The minimum absolute atomic E-state index is 0.110. The molecule has 1 aliphatic heterocycles. The smallest absolute Gasteiger partial charge is 0.303 e. The summed E-state index contributed by atoms with van der Waals surface area (Å²) in [5.41, 5.74) is 1.18. The SMILES string of the molecule is O=C(O)CC[C@H]1CCCN(C(=O)c2ccn(-c3cccc(Cl)c3)n2)C1. The zero-order chi connectivity index (χ0) is 17.8. The number of aliphatic carboxylic acids is 1. The topological polar surface area (TPSA) is 75.4 Å². The van der Waals surface area contributed by atoms with E-state index in [4.69, 9.17) is 16.7 Å². The van der Waals surface area contributed by atoms with Gasteiger partial charge in [-0.3, -0.25) is 9.59 Å². The first-order valence-corrected chi connectivity index (χ1v) is 8.73. The van der Waals surface area contributed by atoms with Crippen molar-refractivity contribution in [3.63, 3.8) is 0 Å². The van der Waals surface area contributed by atoms with Crippen LogP contribution in [0, 0.1) is 5.92 Å². The van der Waals surface area contributed by atoms with Crippen LogP contribution in [0.3, 0.4) is 0 Å². The van der Waals surface area contributed by atoms with Crippen molar-refractivity contribution in [1.29, 1.82) is 0 Å². The molecule has 1 N–H and O–H groups in total. The second kappa shape index (κ2) is 7.70. The molecule has 1 amide bonds. The first-order chi connectivity index (χ1) is 12.0. The zero-order valence-corrected chi connectivity index (χ0v) is 14.5. The van der Waals surface area contributed by atoms with Gasteiger partial charge in [-0.05, 0) is 49.4 Å². The summed E-state index contributed by atoms with van der Waals surface area (Å²) in [5, 5.41) is 13.8. The summed E-state index contributed by atoms with van der Waals surface area (Å²) < 4.78 is 1.63. The monoisotopic (exact) mass is 361 g/mol. The van der Waals surface area contributed by atoms with E-state index in [0.717, 1.165) is 18.5 Å². The van der Waals surface area contributed by atoms with Crippen molar-refractivity contribution in [2.75, 3.05) is 13.1 Å². The van der Waals surface area contributed by atoms with Gasteiger partial charge >= 0.3 is 5.97 Å². The van der Waals surface area contributed by atoms with E-state index in [1.165, 1.54) is 0 Å². The predicted octanol–water partition coefficient (Wildman–Crippen LogP) is 3.24. The molecule has 0 unspecified atom stereocenters. The van der Waals surface area contributed by atoms with Gasteiger partial charge in [0.15, 0.2) is 5.69 Å². The third kappa shape index (κ3) is 4.39. The van der Waals surface area contributed by atoms with Gasteiger partial charge < -0.3 is 10.0 Å². The Morgan fingerprint density at radius 1 is 1.32 bits per heavy atom. The number of amides is 1. The summed E-state index contributed by atoms with van der Waals surface area (Å²) in [6.45, 7) is 1.28. The third-order valence-electron chi connectivity index (χ3n) is 4.45. The highest BCUT2D eigenvalue weighted by Gasteiger charge is 2.26. The highest BCUT2D eigenvalue weighted by Crippen LogP contribution is 2.22. The fourth-order valence-electron chi connectivity index (χ4n) is 3.18. The van der Waals surface area contributed by atoms with E-state index in [9.17, 15) is 9.59 Å². The molecule has 0 radical (unpaired) electrons. The van der Waals surface area contributed by atoms with Crippen molar-refractivity contribution in [1.82, 2.24) is 14.7 Å². The summed E-state index contributed by atoms with van der Waals surface area (Å²) in [6, 6.07) is 8.97. The predicted molar refractivity (Wildman–Crippen MR) is 94.1 cm³/mol. The van der Waals surface area contributed by atoms with Crippen molar-refractivity contribution in [3.05, 3.63) is 47.2 Å². The van der Waals surface area contributed by atoms with Crippen LogP contribution in [0.25, 0.3) is 5.69 Å². The van der Waals surface area contributed by atoms with Crippen LogP contribution in [-0.2, 0) is 4.79 Å². The minimum Gasteiger partial charge on any atom is -0.481 e. The van der Waals surface area contributed by atoms with E-state index in [1.807, 2.05) is 12.1 Å². The molecule has 0 saturated carbocycles. The van der Waals surface area contributed by atoms with Crippen LogP contribution >= 0.6 is 11.6 Å².